The largest absolute Gasteiger partial charge is 0.333 e. The molecule has 3 amide bonds. The van der Waals surface area contributed by atoms with Crippen molar-refractivity contribution in [1.29, 1.82) is 0 Å². The Bertz CT molecular complexity index is 622. The van der Waals surface area contributed by atoms with Gasteiger partial charge in [-0.25, -0.2) is 4.79 Å². The van der Waals surface area contributed by atoms with Gasteiger partial charge in [0.25, 0.3) is 0 Å². The van der Waals surface area contributed by atoms with Gasteiger partial charge in [-0.15, -0.1) is 0 Å². The van der Waals surface area contributed by atoms with E-state index in [1.807, 2.05) is 26.8 Å². The molecule has 0 aromatic heterocycles. The lowest BCUT2D eigenvalue weighted by Crippen LogP contribution is -2.60. The highest BCUT2D eigenvalue weighted by atomic mass is 16.2. The zero-order chi connectivity index (χ0) is 19.4. The van der Waals surface area contributed by atoms with Crippen molar-refractivity contribution in [1.82, 2.24) is 20.4 Å². The quantitative estimate of drug-likeness (QED) is 0.864. The second-order valence-electron chi connectivity index (χ2n) is 8.68. The summed E-state index contributed by atoms with van der Waals surface area (Å²) >= 11 is 0. The maximum atomic E-state index is 12.2. The Hall–Kier alpha value is -1.92. The third-order valence-electron chi connectivity index (χ3n) is 4.48. The van der Waals surface area contributed by atoms with Crippen LogP contribution in [0.2, 0.25) is 0 Å². The van der Waals surface area contributed by atoms with Crippen LogP contribution in [0.15, 0.2) is 30.3 Å². The molecule has 2 rings (SSSR count). The van der Waals surface area contributed by atoms with Gasteiger partial charge < -0.3 is 5.32 Å². The van der Waals surface area contributed by atoms with Crippen molar-refractivity contribution in [3.8, 4) is 0 Å². The topological polar surface area (TPSA) is 64.7 Å². The zero-order valence-electron chi connectivity index (χ0n) is 16.6. The SMILES string of the molecule is CC(C)(C)NC(=O)NC(=O)CN1CCN(Cc2ccccc2)C(C)(C)C1. The summed E-state index contributed by atoms with van der Waals surface area (Å²) in [5.41, 5.74) is 0.892. The van der Waals surface area contributed by atoms with E-state index in [4.69, 9.17) is 0 Å². The Kier molecular flexibility index (Phi) is 6.42. The molecule has 1 fully saturated rings. The van der Waals surface area contributed by atoms with E-state index in [0.717, 1.165) is 26.2 Å². The lowest BCUT2D eigenvalue weighted by Gasteiger charge is -2.47. The molecule has 26 heavy (non-hydrogen) atoms. The van der Waals surface area contributed by atoms with Gasteiger partial charge in [0.15, 0.2) is 0 Å². The molecule has 1 aliphatic rings. The number of benzene rings is 1. The van der Waals surface area contributed by atoms with Crippen LogP contribution in [0.1, 0.15) is 40.2 Å². The first-order valence-corrected chi connectivity index (χ1v) is 9.18. The predicted octanol–water partition coefficient (Wildman–Crippen LogP) is 2.21. The number of carbonyl (C=O) groups excluding carboxylic acids is 2. The van der Waals surface area contributed by atoms with Crippen molar-refractivity contribution < 1.29 is 9.59 Å². The second kappa shape index (κ2) is 8.18. The average Bonchev–Trinajstić information content (AvgIpc) is 2.48. The van der Waals surface area contributed by atoms with Crippen molar-refractivity contribution in [2.75, 3.05) is 26.2 Å². The van der Waals surface area contributed by atoms with E-state index in [2.05, 4.69) is 58.5 Å². The van der Waals surface area contributed by atoms with Gasteiger partial charge in [0.05, 0.1) is 6.54 Å². The Labute approximate surface area is 156 Å². The van der Waals surface area contributed by atoms with Crippen LogP contribution in [0.5, 0.6) is 0 Å². The van der Waals surface area contributed by atoms with Crippen LogP contribution in [0.3, 0.4) is 0 Å². The summed E-state index contributed by atoms with van der Waals surface area (Å²) in [6.45, 7) is 13.7. The van der Waals surface area contributed by atoms with E-state index >= 15 is 0 Å². The summed E-state index contributed by atoms with van der Waals surface area (Å²) in [7, 11) is 0. The molecular formula is C20H32N4O2. The zero-order valence-corrected chi connectivity index (χ0v) is 16.6. The molecule has 6 nitrogen and oxygen atoms in total. The van der Waals surface area contributed by atoms with Crippen LogP contribution in [-0.4, -0.2) is 59.0 Å². The molecule has 1 aromatic carbocycles. The van der Waals surface area contributed by atoms with Gasteiger partial charge in [-0.2, -0.15) is 0 Å². The number of hydrogen-bond acceptors (Lipinski definition) is 4. The van der Waals surface area contributed by atoms with E-state index in [1.165, 1.54) is 5.56 Å². The summed E-state index contributed by atoms with van der Waals surface area (Å²) in [6.07, 6.45) is 0. The number of imide groups is 1. The number of carbonyl (C=O) groups is 2. The highest BCUT2D eigenvalue weighted by Crippen LogP contribution is 2.23. The molecule has 0 aliphatic carbocycles. The van der Waals surface area contributed by atoms with E-state index in [1.54, 1.807) is 0 Å². The molecule has 0 unspecified atom stereocenters. The minimum atomic E-state index is -0.440. The molecule has 0 radical (unpaired) electrons. The smallest absolute Gasteiger partial charge is 0.321 e. The maximum absolute atomic E-state index is 12.2. The van der Waals surface area contributed by atoms with Gasteiger partial charge in [-0.1, -0.05) is 30.3 Å². The molecule has 1 heterocycles. The third kappa shape index (κ3) is 6.42. The minimum absolute atomic E-state index is 0.0396. The highest BCUT2D eigenvalue weighted by molar-refractivity contribution is 5.95. The fourth-order valence-electron chi connectivity index (χ4n) is 3.26. The molecule has 0 atom stereocenters. The van der Waals surface area contributed by atoms with Crippen LogP contribution in [0.25, 0.3) is 0 Å². The number of nitrogens with one attached hydrogen (secondary N) is 2. The molecule has 0 spiro atoms. The monoisotopic (exact) mass is 360 g/mol. The third-order valence-corrected chi connectivity index (χ3v) is 4.48. The Morgan fingerprint density at radius 2 is 1.77 bits per heavy atom. The van der Waals surface area contributed by atoms with Crippen LogP contribution < -0.4 is 10.6 Å². The molecule has 144 valence electrons. The number of amides is 3. The molecule has 1 aromatic rings. The van der Waals surface area contributed by atoms with Crippen molar-refractivity contribution in [3.05, 3.63) is 35.9 Å². The molecule has 2 N–H and O–H groups in total. The van der Waals surface area contributed by atoms with E-state index in [-0.39, 0.29) is 23.5 Å². The Morgan fingerprint density at radius 3 is 2.35 bits per heavy atom. The lowest BCUT2D eigenvalue weighted by molar-refractivity contribution is -0.122. The Balaban J connectivity index is 1.85. The summed E-state index contributed by atoms with van der Waals surface area (Å²) in [5.74, 6) is -0.265. The van der Waals surface area contributed by atoms with Gasteiger partial charge in [-0.3, -0.25) is 19.9 Å². The summed E-state index contributed by atoms with van der Waals surface area (Å²) in [5, 5.41) is 5.16. The fourth-order valence-corrected chi connectivity index (χ4v) is 3.26. The molecule has 0 saturated carbocycles. The van der Waals surface area contributed by atoms with Gasteiger partial charge in [0, 0.05) is 37.3 Å². The summed E-state index contributed by atoms with van der Waals surface area (Å²) in [4.78, 5) is 28.5. The van der Waals surface area contributed by atoms with Crippen molar-refractivity contribution in [3.63, 3.8) is 0 Å². The van der Waals surface area contributed by atoms with Crippen molar-refractivity contribution in [2.24, 2.45) is 0 Å². The summed E-state index contributed by atoms with van der Waals surface area (Å²) in [6, 6.07) is 10.00. The number of urea groups is 1. The summed E-state index contributed by atoms with van der Waals surface area (Å²) < 4.78 is 0. The maximum Gasteiger partial charge on any atom is 0.321 e. The van der Waals surface area contributed by atoms with E-state index < -0.39 is 6.03 Å². The van der Waals surface area contributed by atoms with Crippen LogP contribution in [-0.2, 0) is 11.3 Å². The average molecular weight is 361 g/mol. The van der Waals surface area contributed by atoms with Crippen LogP contribution in [0.4, 0.5) is 4.79 Å². The molecule has 1 saturated heterocycles. The second-order valence-corrected chi connectivity index (χ2v) is 8.68. The molecule has 6 heteroatoms. The number of nitrogens with zero attached hydrogens (tertiary/aromatic N) is 2. The van der Waals surface area contributed by atoms with E-state index in [9.17, 15) is 9.59 Å². The number of piperazine rings is 1. The molecule has 1 aliphatic heterocycles. The predicted molar refractivity (Wildman–Crippen MR) is 104 cm³/mol. The van der Waals surface area contributed by atoms with Gasteiger partial charge in [0.2, 0.25) is 5.91 Å². The minimum Gasteiger partial charge on any atom is -0.333 e. The van der Waals surface area contributed by atoms with Crippen LogP contribution >= 0.6 is 0 Å². The number of rotatable bonds is 4. The molecule has 0 bridgehead atoms. The lowest BCUT2D eigenvalue weighted by atomic mass is 9.97. The van der Waals surface area contributed by atoms with Crippen molar-refractivity contribution >= 4 is 11.9 Å². The first-order chi connectivity index (χ1) is 12.0. The normalized spacial score (nSPS) is 18.3. The fraction of sp³-hybridized carbons (Fsp3) is 0.600. The molecular weight excluding hydrogens is 328 g/mol. The standard InChI is InChI=1S/C20H32N4O2/c1-19(2,3)22-18(26)21-17(25)14-23-11-12-24(20(4,5)15-23)13-16-9-7-6-8-10-16/h6-10H,11-15H2,1-5H3,(H2,21,22,25,26). The van der Waals surface area contributed by atoms with E-state index in [0.29, 0.717) is 0 Å². The first-order valence-electron chi connectivity index (χ1n) is 9.18. The van der Waals surface area contributed by atoms with Gasteiger partial charge in [-0.05, 0) is 40.2 Å². The Morgan fingerprint density at radius 1 is 1.12 bits per heavy atom. The van der Waals surface area contributed by atoms with Gasteiger partial charge in [0.1, 0.15) is 0 Å². The first kappa shape index (κ1) is 20.4. The van der Waals surface area contributed by atoms with Gasteiger partial charge >= 0.3 is 6.03 Å². The number of hydrogen-bond donors (Lipinski definition) is 2. The van der Waals surface area contributed by atoms with Crippen LogP contribution in [0, 0.1) is 0 Å². The van der Waals surface area contributed by atoms with Crippen molar-refractivity contribution in [2.45, 2.75) is 52.2 Å². The highest BCUT2D eigenvalue weighted by Gasteiger charge is 2.34.